The van der Waals surface area contributed by atoms with Crippen LogP contribution in [-0.2, 0) is 19.1 Å². The topological polar surface area (TPSA) is 108 Å². The van der Waals surface area contributed by atoms with E-state index in [1.807, 2.05) is 0 Å². The molecule has 3 rings (SSSR count). The molecule has 2 heterocycles. The van der Waals surface area contributed by atoms with Gasteiger partial charge in [-0.25, -0.2) is 0 Å². The summed E-state index contributed by atoms with van der Waals surface area (Å²) < 4.78 is 5.19. The Morgan fingerprint density at radius 3 is 2.70 bits per heavy atom. The molecule has 0 unspecified atom stereocenters. The van der Waals surface area contributed by atoms with Gasteiger partial charge in [0.2, 0.25) is 5.91 Å². The summed E-state index contributed by atoms with van der Waals surface area (Å²) in [5.74, 6) is -1.56. The molecule has 2 fully saturated rings. The fourth-order valence-corrected chi connectivity index (χ4v) is 3.27. The number of hydrogen-bond donors (Lipinski definition) is 3. The molecule has 8 heteroatoms. The Morgan fingerprint density at radius 1 is 1.19 bits per heavy atom. The molecule has 2 aliphatic heterocycles. The number of rotatable bonds is 4. The van der Waals surface area contributed by atoms with Crippen LogP contribution < -0.4 is 15.5 Å². The third-order valence-corrected chi connectivity index (χ3v) is 4.95. The predicted octanol–water partition coefficient (Wildman–Crippen LogP) is 0.800. The van der Waals surface area contributed by atoms with Gasteiger partial charge in [-0.05, 0) is 31.0 Å². The molecule has 3 amide bonds. The number of nitrogens with zero attached hydrogens (tertiary/aromatic N) is 1. The van der Waals surface area contributed by atoms with Gasteiger partial charge in [-0.15, -0.1) is 0 Å². The molecule has 146 valence electrons. The molecule has 8 nitrogen and oxygen atoms in total. The fourth-order valence-electron chi connectivity index (χ4n) is 3.27. The van der Waals surface area contributed by atoms with Gasteiger partial charge in [0.15, 0.2) is 0 Å². The summed E-state index contributed by atoms with van der Waals surface area (Å²) in [5, 5.41) is 15.4. The Bertz CT molecular complexity index is 715. The Hall–Kier alpha value is -2.45. The van der Waals surface area contributed by atoms with Crippen LogP contribution >= 0.6 is 0 Å². The van der Waals surface area contributed by atoms with Crippen LogP contribution in [0.15, 0.2) is 24.3 Å². The predicted molar refractivity (Wildman–Crippen MR) is 99.3 cm³/mol. The lowest BCUT2D eigenvalue weighted by molar-refractivity contribution is -0.137. The summed E-state index contributed by atoms with van der Waals surface area (Å²) in [7, 11) is 0. The second-order valence-electron chi connectivity index (χ2n) is 7.03. The number of carbonyl (C=O) groups is 3. The Balaban J connectivity index is 1.56. The van der Waals surface area contributed by atoms with Crippen LogP contribution in [-0.4, -0.2) is 54.7 Å². The van der Waals surface area contributed by atoms with Crippen molar-refractivity contribution >= 4 is 29.1 Å². The van der Waals surface area contributed by atoms with Crippen molar-refractivity contribution in [1.82, 2.24) is 5.32 Å². The molecule has 2 aliphatic rings. The number of aliphatic hydroxyl groups is 1. The highest BCUT2D eigenvalue weighted by Gasteiger charge is 2.31. The maximum atomic E-state index is 12.1. The molecule has 27 heavy (non-hydrogen) atoms. The first kappa shape index (κ1) is 19.3. The zero-order chi connectivity index (χ0) is 19.3. The lowest BCUT2D eigenvalue weighted by Gasteiger charge is -2.31. The highest BCUT2D eigenvalue weighted by Crippen LogP contribution is 2.24. The van der Waals surface area contributed by atoms with Crippen LogP contribution in [0.5, 0.6) is 0 Å². The molecule has 0 atom stereocenters. The van der Waals surface area contributed by atoms with Gasteiger partial charge in [-0.2, -0.15) is 0 Å². The Morgan fingerprint density at radius 2 is 1.96 bits per heavy atom. The first-order valence-electron chi connectivity index (χ1n) is 9.27. The molecule has 0 radical (unpaired) electrons. The molecule has 0 aliphatic carbocycles. The van der Waals surface area contributed by atoms with E-state index in [0.29, 0.717) is 50.4 Å². The number of hydrogen-bond acceptors (Lipinski definition) is 5. The average molecular weight is 375 g/mol. The maximum Gasteiger partial charge on any atom is 0.313 e. The largest absolute Gasteiger partial charge is 0.388 e. The van der Waals surface area contributed by atoms with Crippen molar-refractivity contribution in [2.75, 3.05) is 36.5 Å². The summed E-state index contributed by atoms with van der Waals surface area (Å²) in [6, 6.07) is 6.88. The minimum Gasteiger partial charge on any atom is -0.388 e. The number of amides is 3. The summed E-state index contributed by atoms with van der Waals surface area (Å²) in [5.41, 5.74) is 0.105. The van der Waals surface area contributed by atoms with Crippen LogP contribution in [0.1, 0.15) is 32.1 Å². The summed E-state index contributed by atoms with van der Waals surface area (Å²) in [6.45, 7) is 1.52. The first-order valence-corrected chi connectivity index (χ1v) is 9.27. The highest BCUT2D eigenvalue weighted by atomic mass is 16.5. The minimum atomic E-state index is -1.04. The van der Waals surface area contributed by atoms with E-state index in [4.69, 9.17) is 4.74 Å². The molecule has 0 spiro atoms. The van der Waals surface area contributed by atoms with Crippen molar-refractivity contribution in [1.29, 1.82) is 0 Å². The zero-order valence-corrected chi connectivity index (χ0v) is 15.2. The van der Waals surface area contributed by atoms with Crippen LogP contribution in [0, 0.1) is 0 Å². The second kappa shape index (κ2) is 8.49. The third kappa shape index (κ3) is 5.05. The molecule has 1 aromatic carbocycles. The fraction of sp³-hybridized carbons (Fsp3) is 0.526. The van der Waals surface area contributed by atoms with E-state index in [2.05, 4.69) is 10.6 Å². The Labute approximate surface area is 157 Å². The molecular weight excluding hydrogens is 350 g/mol. The van der Waals surface area contributed by atoms with Crippen molar-refractivity contribution in [2.45, 2.75) is 37.7 Å². The highest BCUT2D eigenvalue weighted by molar-refractivity contribution is 6.39. The molecule has 1 aromatic rings. The van der Waals surface area contributed by atoms with Crippen LogP contribution in [0.2, 0.25) is 0 Å². The van der Waals surface area contributed by atoms with Crippen molar-refractivity contribution < 1.29 is 24.2 Å². The molecule has 0 aromatic heterocycles. The van der Waals surface area contributed by atoms with Gasteiger partial charge in [-0.3, -0.25) is 14.4 Å². The van der Waals surface area contributed by atoms with E-state index in [9.17, 15) is 19.5 Å². The van der Waals surface area contributed by atoms with Crippen molar-refractivity contribution in [2.24, 2.45) is 0 Å². The molecular formula is C19H25N3O5. The van der Waals surface area contributed by atoms with Gasteiger partial charge < -0.3 is 25.4 Å². The van der Waals surface area contributed by atoms with E-state index >= 15 is 0 Å². The van der Waals surface area contributed by atoms with Crippen molar-refractivity contribution in [3.8, 4) is 0 Å². The van der Waals surface area contributed by atoms with E-state index in [1.165, 1.54) is 0 Å². The number of carbonyl (C=O) groups excluding carboxylic acids is 3. The molecule has 3 N–H and O–H groups in total. The SMILES string of the molecule is O=C(NCC1(O)CCOCC1)C(=O)Nc1cccc(N2CCCCC2=O)c1. The van der Waals surface area contributed by atoms with Gasteiger partial charge in [0.1, 0.15) is 0 Å². The zero-order valence-electron chi connectivity index (χ0n) is 15.2. The minimum absolute atomic E-state index is 0.00489. The normalized spacial score (nSPS) is 19.4. The van der Waals surface area contributed by atoms with Gasteiger partial charge >= 0.3 is 11.8 Å². The Kier molecular flexibility index (Phi) is 6.08. The standard InChI is InChI=1S/C19H25N3O5/c23-16-6-1-2-9-22(16)15-5-3-4-14(12-15)21-18(25)17(24)20-13-19(26)7-10-27-11-8-19/h3-5,12,26H,1-2,6-11,13H2,(H,20,24)(H,21,25). The smallest absolute Gasteiger partial charge is 0.313 e. The van der Waals surface area contributed by atoms with Crippen LogP contribution in [0.25, 0.3) is 0 Å². The van der Waals surface area contributed by atoms with Crippen molar-refractivity contribution in [3.05, 3.63) is 24.3 Å². The summed E-state index contributed by atoms with van der Waals surface area (Å²) in [4.78, 5) is 37.9. The van der Waals surface area contributed by atoms with Gasteiger partial charge in [0.05, 0.1) is 5.60 Å². The summed E-state index contributed by atoms with van der Waals surface area (Å²) in [6.07, 6.45) is 3.19. The van der Waals surface area contributed by atoms with E-state index in [1.54, 1.807) is 29.2 Å². The van der Waals surface area contributed by atoms with Gasteiger partial charge in [-0.1, -0.05) is 6.07 Å². The average Bonchev–Trinajstić information content (AvgIpc) is 2.67. The van der Waals surface area contributed by atoms with Crippen LogP contribution in [0.3, 0.4) is 0 Å². The monoisotopic (exact) mass is 375 g/mol. The van der Waals surface area contributed by atoms with Crippen molar-refractivity contribution in [3.63, 3.8) is 0 Å². The van der Waals surface area contributed by atoms with E-state index < -0.39 is 17.4 Å². The maximum absolute atomic E-state index is 12.1. The van der Waals surface area contributed by atoms with Gasteiger partial charge in [0.25, 0.3) is 0 Å². The molecule has 0 saturated carbocycles. The first-order chi connectivity index (χ1) is 13.0. The third-order valence-electron chi connectivity index (χ3n) is 4.95. The number of piperidine rings is 1. The molecule has 0 bridgehead atoms. The lowest BCUT2D eigenvalue weighted by Crippen LogP contribution is -2.48. The van der Waals surface area contributed by atoms with E-state index in [-0.39, 0.29) is 12.5 Å². The quantitative estimate of drug-likeness (QED) is 0.675. The number of benzene rings is 1. The number of anilines is 2. The number of nitrogens with one attached hydrogen (secondary N) is 2. The van der Waals surface area contributed by atoms with E-state index in [0.717, 1.165) is 12.8 Å². The number of ether oxygens (including phenoxy) is 1. The second-order valence-corrected chi connectivity index (χ2v) is 7.03. The van der Waals surface area contributed by atoms with Crippen LogP contribution in [0.4, 0.5) is 11.4 Å². The molecule has 2 saturated heterocycles. The summed E-state index contributed by atoms with van der Waals surface area (Å²) >= 11 is 0. The lowest BCUT2D eigenvalue weighted by atomic mass is 9.94. The van der Waals surface area contributed by atoms with Gasteiger partial charge in [0, 0.05) is 56.9 Å².